The Morgan fingerprint density at radius 3 is 2.59 bits per heavy atom. The van der Waals surface area contributed by atoms with Gasteiger partial charge in [-0.15, -0.1) is 0 Å². The maximum atomic E-state index is 11.3. The number of hydrazone groups is 1. The fourth-order valence-electron chi connectivity index (χ4n) is 2.55. The van der Waals surface area contributed by atoms with Crippen molar-refractivity contribution < 1.29 is 12.8 Å². The molecule has 0 amide bonds. The number of furan rings is 1. The van der Waals surface area contributed by atoms with Crippen LogP contribution in [0.4, 0.5) is 5.95 Å². The smallest absolute Gasteiger partial charge is 0.238 e. The van der Waals surface area contributed by atoms with Crippen molar-refractivity contribution in [2.24, 2.45) is 10.2 Å². The topological polar surface area (TPSA) is 126 Å². The lowest BCUT2D eigenvalue weighted by molar-refractivity contribution is 0.575. The molecule has 0 spiro atoms. The lowest BCUT2D eigenvalue weighted by Gasteiger charge is -2.00. The Morgan fingerprint density at radius 2 is 1.85 bits per heavy atom. The monoisotopic (exact) mass is 381 g/mol. The number of aromatic amines is 1. The van der Waals surface area contributed by atoms with Crippen LogP contribution in [0.25, 0.3) is 22.4 Å². The molecule has 0 unspecified atom stereocenters. The van der Waals surface area contributed by atoms with E-state index in [9.17, 15) is 8.42 Å². The van der Waals surface area contributed by atoms with Gasteiger partial charge >= 0.3 is 0 Å². The van der Waals surface area contributed by atoms with E-state index in [1.165, 1.54) is 18.3 Å². The number of anilines is 1. The first kappa shape index (κ1) is 17.0. The van der Waals surface area contributed by atoms with Gasteiger partial charge in [0, 0.05) is 5.56 Å². The number of primary sulfonamides is 1. The summed E-state index contributed by atoms with van der Waals surface area (Å²) in [7, 11) is -3.71. The summed E-state index contributed by atoms with van der Waals surface area (Å²) in [6, 6.07) is 17.3. The van der Waals surface area contributed by atoms with E-state index in [0.29, 0.717) is 17.5 Å². The van der Waals surface area contributed by atoms with Crippen LogP contribution >= 0.6 is 0 Å². The van der Waals surface area contributed by atoms with Gasteiger partial charge in [0.25, 0.3) is 0 Å². The Bertz CT molecular complexity index is 1190. The van der Waals surface area contributed by atoms with Crippen LogP contribution in [-0.2, 0) is 10.0 Å². The summed E-state index contributed by atoms with van der Waals surface area (Å²) in [6.07, 6.45) is 1.52. The molecule has 0 saturated carbocycles. The number of hydrogen-bond acceptors (Lipinski definition) is 6. The van der Waals surface area contributed by atoms with Crippen molar-refractivity contribution in [1.29, 1.82) is 0 Å². The lowest BCUT2D eigenvalue weighted by Crippen LogP contribution is -2.11. The van der Waals surface area contributed by atoms with Crippen LogP contribution in [0, 0.1) is 0 Å². The summed E-state index contributed by atoms with van der Waals surface area (Å²) in [4.78, 5) is 7.51. The first-order valence-corrected chi connectivity index (χ1v) is 9.50. The molecule has 4 aromatic rings. The van der Waals surface area contributed by atoms with Crippen LogP contribution in [-0.4, -0.2) is 24.6 Å². The third-order valence-corrected chi connectivity index (χ3v) is 4.77. The summed E-state index contributed by atoms with van der Waals surface area (Å²) >= 11 is 0. The highest BCUT2D eigenvalue weighted by molar-refractivity contribution is 7.89. The minimum absolute atomic E-state index is 0.0506. The molecule has 8 nitrogen and oxygen atoms in total. The van der Waals surface area contributed by atoms with Crippen LogP contribution in [0.3, 0.4) is 0 Å². The highest BCUT2D eigenvalue weighted by Crippen LogP contribution is 2.23. The van der Waals surface area contributed by atoms with E-state index in [-0.39, 0.29) is 4.90 Å². The molecular weight excluding hydrogens is 366 g/mol. The molecule has 9 heteroatoms. The summed E-state index contributed by atoms with van der Waals surface area (Å²) < 4.78 is 28.3. The zero-order chi connectivity index (χ0) is 18.9. The maximum Gasteiger partial charge on any atom is 0.238 e. The Hall–Kier alpha value is -3.43. The number of rotatable bonds is 5. The van der Waals surface area contributed by atoms with Crippen LogP contribution in [0.2, 0.25) is 0 Å². The minimum atomic E-state index is -3.71. The molecule has 0 atom stereocenters. The van der Waals surface area contributed by atoms with Crippen molar-refractivity contribution in [3.63, 3.8) is 0 Å². The number of benzene rings is 2. The number of nitrogens with zero attached hydrogens (tertiary/aromatic N) is 2. The summed E-state index contributed by atoms with van der Waals surface area (Å²) in [6.45, 7) is 0. The van der Waals surface area contributed by atoms with Crippen molar-refractivity contribution in [3.05, 3.63) is 66.4 Å². The average molecular weight is 381 g/mol. The number of imidazole rings is 1. The number of hydrogen-bond donors (Lipinski definition) is 3. The first-order valence-electron chi connectivity index (χ1n) is 7.96. The van der Waals surface area contributed by atoms with Gasteiger partial charge in [0.15, 0.2) is 0 Å². The summed E-state index contributed by atoms with van der Waals surface area (Å²) in [5, 5.41) is 9.20. The third-order valence-electron chi connectivity index (χ3n) is 3.85. The third kappa shape index (κ3) is 3.73. The van der Waals surface area contributed by atoms with Crippen molar-refractivity contribution in [3.8, 4) is 11.3 Å². The predicted molar refractivity (Wildman–Crippen MR) is 103 cm³/mol. The Labute approximate surface area is 154 Å². The number of nitrogens with one attached hydrogen (secondary N) is 2. The minimum Gasteiger partial charge on any atom is -0.455 e. The predicted octanol–water partition coefficient (Wildman–Crippen LogP) is 2.92. The van der Waals surface area contributed by atoms with Crippen LogP contribution < -0.4 is 10.6 Å². The van der Waals surface area contributed by atoms with Crippen molar-refractivity contribution in [2.45, 2.75) is 4.90 Å². The number of fused-ring (bicyclic) bond motifs is 1. The van der Waals surface area contributed by atoms with Gasteiger partial charge in [0.1, 0.15) is 11.5 Å². The highest BCUT2D eigenvalue weighted by atomic mass is 32.2. The van der Waals surface area contributed by atoms with Crippen molar-refractivity contribution in [2.75, 3.05) is 5.43 Å². The van der Waals surface area contributed by atoms with Crippen molar-refractivity contribution >= 4 is 33.2 Å². The SMILES string of the molecule is NS(=O)(=O)c1ccc(-c2ccc(/C=N/Nc3nc4ccccc4[nH]3)o2)cc1. The Morgan fingerprint density at radius 1 is 1.07 bits per heavy atom. The van der Waals surface area contributed by atoms with Gasteiger partial charge in [-0.3, -0.25) is 0 Å². The molecule has 4 rings (SSSR count). The second-order valence-electron chi connectivity index (χ2n) is 5.74. The standard InChI is InChI=1S/C18H15N5O3S/c19-27(24,25)14-8-5-12(6-9-14)17-10-7-13(26-17)11-20-23-18-21-15-3-1-2-4-16(15)22-18/h1-11H,(H2,19,24,25)(H2,21,22,23)/b20-11+. The van der Waals surface area contributed by atoms with E-state index >= 15 is 0 Å². The Kier molecular flexibility index (Phi) is 4.22. The molecule has 0 bridgehead atoms. The number of nitrogens with two attached hydrogens (primary N) is 1. The molecule has 4 N–H and O–H groups in total. The van der Waals surface area contributed by atoms with Crippen LogP contribution in [0.5, 0.6) is 0 Å². The molecule has 2 heterocycles. The van der Waals surface area contributed by atoms with Crippen LogP contribution in [0.1, 0.15) is 5.76 Å². The van der Waals surface area contributed by atoms with Gasteiger partial charge < -0.3 is 9.40 Å². The number of sulfonamides is 1. The maximum absolute atomic E-state index is 11.3. The van der Waals surface area contributed by atoms with E-state index in [0.717, 1.165) is 16.6 Å². The number of H-pyrrole nitrogens is 1. The van der Waals surface area contributed by atoms with Crippen LogP contribution in [0.15, 0.2) is 75.1 Å². The van der Waals surface area contributed by atoms with E-state index < -0.39 is 10.0 Å². The van der Waals surface area contributed by atoms with Gasteiger partial charge in [-0.1, -0.05) is 12.1 Å². The molecule has 0 radical (unpaired) electrons. The van der Waals surface area contributed by atoms with E-state index in [4.69, 9.17) is 9.56 Å². The summed E-state index contributed by atoms with van der Waals surface area (Å²) in [5.41, 5.74) is 5.31. The van der Waals surface area contributed by atoms with E-state index in [1.54, 1.807) is 24.3 Å². The summed E-state index contributed by atoms with van der Waals surface area (Å²) in [5.74, 6) is 1.64. The number of para-hydroxylation sites is 2. The van der Waals surface area contributed by atoms with Gasteiger partial charge in [0.05, 0.1) is 22.1 Å². The van der Waals surface area contributed by atoms with Gasteiger partial charge in [-0.25, -0.2) is 24.0 Å². The van der Waals surface area contributed by atoms with E-state index in [1.807, 2.05) is 24.3 Å². The zero-order valence-electron chi connectivity index (χ0n) is 14.0. The first-order chi connectivity index (χ1) is 13.0. The van der Waals surface area contributed by atoms with Crippen molar-refractivity contribution in [1.82, 2.24) is 9.97 Å². The molecule has 0 aliphatic carbocycles. The molecule has 27 heavy (non-hydrogen) atoms. The molecular formula is C18H15N5O3S. The Balaban J connectivity index is 1.46. The molecule has 0 aliphatic heterocycles. The fourth-order valence-corrected chi connectivity index (χ4v) is 3.06. The molecule has 0 aliphatic rings. The molecule has 2 aromatic heterocycles. The zero-order valence-corrected chi connectivity index (χ0v) is 14.8. The molecule has 0 fully saturated rings. The van der Waals surface area contributed by atoms with Gasteiger partial charge in [-0.2, -0.15) is 5.10 Å². The molecule has 136 valence electrons. The molecule has 2 aromatic carbocycles. The van der Waals surface area contributed by atoms with Gasteiger partial charge in [-0.05, 0) is 48.5 Å². The largest absolute Gasteiger partial charge is 0.455 e. The average Bonchev–Trinajstić information content (AvgIpc) is 3.27. The second kappa shape index (κ2) is 6.71. The second-order valence-corrected chi connectivity index (χ2v) is 7.31. The normalized spacial score (nSPS) is 12.0. The fraction of sp³-hybridized carbons (Fsp3) is 0. The van der Waals surface area contributed by atoms with E-state index in [2.05, 4.69) is 20.5 Å². The van der Waals surface area contributed by atoms with Gasteiger partial charge in [0.2, 0.25) is 16.0 Å². The molecule has 0 saturated heterocycles. The number of aromatic nitrogens is 2. The highest BCUT2D eigenvalue weighted by Gasteiger charge is 2.09. The quantitative estimate of drug-likeness (QED) is 0.362. The lowest BCUT2D eigenvalue weighted by atomic mass is 10.2.